The molecule has 1 heterocycles. The maximum absolute atomic E-state index is 12.5. The molecule has 1 saturated carbocycles. The van der Waals surface area contributed by atoms with Gasteiger partial charge in [0.15, 0.2) is 5.13 Å². The highest BCUT2D eigenvalue weighted by Crippen LogP contribution is 2.41. The van der Waals surface area contributed by atoms with Gasteiger partial charge in [-0.15, -0.1) is 11.3 Å². The van der Waals surface area contributed by atoms with Crippen LogP contribution in [0.5, 0.6) is 0 Å². The molecule has 1 aromatic heterocycles. The fraction of sp³-hybridized carbons (Fsp3) is 0.308. The molecule has 0 radical (unpaired) electrons. The van der Waals surface area contributed by atoms with Crippen molar-refractivity contribution >= 4 is 48.1 Å². The van der Waals surface area contributed by atoms with Crippen molar-refractivity contribution in [3.8, 4) is 0 Å². The Morgan fingerprint density at radius 1 is 1.43 bits per heavy atom. The average Bonchev–Trinajstić information content (AvgIpc) is 3.15. The van der Waals surface area contributed by atoms with Crippen LogP contribution in [-0.4, -0.2) is 13.4 Å². The topological polar surface area (TPSA) is 85.1 Å². The quantitative estimate of drug-likeness (QED) is 0.786. The number of aromatic nitrogens is 1. The van der Waals surface area contributed by atoms with Gasteiger partial charge in [-0.25, -0.2) is 13.4 Å². The van der Waals surface area contributed by atoms with Crippen LogP contribution < -0.4 is 10.5 Å². The summed E-state index contributed by atoms with van der Waals surface area (Å²) >= 11 is 4.60. The van der Waals surface area contributed by atoms with Gasteiger partial charge in [-0.3, -0.25) is 4.72 Å². The van der Waals surface area contributed by atoms with Crippen LogP contribution in [-0.2, 0) is 10.0 Å². The Bertz CT molecular complexity index is 798. The molecule has 0 atom stereocenters. The highest BCUT2D eigenvalue weighted by molar-refractivity contribution is 9.10. The summed E-state index contributed by atoms with van der Waals surface area (Å²) in [7, 11) is -3.68. The summed E-state index contributed by atoms with van der Waals surface area (Å²) in [6.45, 7) is 1.73. The summed E-state index contributed by atoms with van der Waals surface area (Å²) in [5.41, 5.74) is 7.77. The number of rotatable bonds is 4. The Balaban J connectivity index is 1.90. The minimum atomic E-state index is -3.68. The molecule has 21 heavy (non-hydrogen) atoms. The fourth-order valence-electron chi connectivity index (χ4n) is 2.03. The smallest absolute Gasteiger partial charge is 0.264 e. The molecule has 1 aliphatic carbocycles. The van der Waals surface area contributed by atoms with Crippen molar-refractivity contribution < 1.29 is 8.42 Å². The Hall–Kier alpha value is -1.12. The summed E-state index contributed by atoms with van der Waals surface area (Å²) in [6, 6.07) is 3.15. The first-order valence-corrected chi connectivity index (χ1v) is 9.56. The number of benzene rings is 1. The van der Waals surface area contributed by atoms with E-state index in [9.17, 15) is 8.42 Å². The first-order chi connectivity index (χ1) is 9.87. The second kappa shape index (κ2) is 5.26. The predicted octanol–water partition coefficient (Wildman–Crippen LogP) is 3.47. The zero-order valence-electron chi connectivity index (χ0n) is 11.3. The van der Waals surface area contributed by atoms with Crippen LogP contribution in [0, 0.1) is 6.92 Å². The minimum Gasteiger partial charge on any atom is -0.398 e. The number of nitrogen functional groups attached to an aromatic ring is 1. The van der Waals surface area contributed by atoms with E-state index in [2.05, 4.69) is 25.6 Å². The molecule has 1 aromatic carbocycles. The molecule has 2 aromatic rings. The highest BCUT2D eigenvalue weighted by atomic mass is 79.9. The van der Waals surface area contributed by atoms with Gasteiger partial charge in [0.25, 0.3) is 10.0 Å². The Labute approximate surface area is 135 Å². The van der Waals surface area contributed by atoms with E-state index in [0.717, 1.165) is 18.5 Å². The van der Waals surface area contributed by atoms with Crippen molar-refractivity contribution in [1.82, 2.24) is 4.98 Å². The molecular formula is C13H14BrN3O2S2. The van der Waals surface area contributed by atoms with Crippen LogP contribution in [0.1, 0.15) is 30.0 Å². The van der Waals surface area contributed by atoms with Gasteiger partial charge in [0, 0.05) is 21.5 Å². The Morgan fingerprint density at radius 2 is 2.14 bits per heavy atom. The summed E-state index contributed by atoms with van der Waals surface area (Å²) < 4.78 is 28.1. The Kier molecular flexibility index (Phi) is 3.71. The molecule has 1 aliphatic rings. The van der Waals surface area contributed by atoms with E-state index in [1.54, 1.807) is 13.0 Å². The minimum absolute atomic E-state index is 0.173. The summed E-state index contributed by atoms with van der Waals surface area (Å²) in [5.74, 6) is 0.504. The number of thiazole rings is 1. The number of hydrogen-bond acceptors (Lipinski definition) is 5. The third-order valence-corrected chi connectivity index (χ3v) is 6.40. The number of anilines is 2. The monoisotopic (exact) mass is 387 g/mol. The number of halogens is 1. The first-order valence-electron chi connectivity index (χ1n) is 6.40. The molecule has 0 amide bonds. The maximum atomic E-state index is 12.5. The molecule has 0 aliphatic heterocycles. The molecule has 1 fully saturated rings. The molecule has 5 nitrogen and oxygen atoms in total. The molecule has 0 bridgehead atoms. The second-order valence-electron chi connectivity index (χ2n) is 5.10. The Morgan fingerprint density at radius 3 is 2.81 bits per heavy atom. The van der Waals surface area contributed by atoms with Gasteiger partial charge in [-0.05, 0) is 53.4 Å². The van der Waals surface area contributed by atoms with Gasteiger partial charge in [0.05, 0.1) is 10.6 Å². The standard InChI is InChI=1S/C13H14BrN3O2S2/c1-7-4-9(14)10(15)5-12(7)21(18,19)17-13-16-11(6-20-13)8-2-3-8/h4-6,8H,2-3,15H2,1H3,(H,16,17). The van der Waals surface area contributed by atoms with Crippen molar-refractivity contribution in [3.05, 3.63) is 33.2 Å². The lowest BCUT2D eigenvalue weighted by Gasteiger charge is -2.10. The highest BCUT2D eigenvalue weighted by Gasteiger charge is 2.27. The lowest BCUT2D eigenvalue weighted by Crippen LogP contribution is -2.14. The number of sulfonamides is 1. The van der Waals surface area contributed by atoms with Gasteiger partial charge in [-0.2, -0.15) is 0 Å². The third-order valence-electron chi connectivity index (χ3n) is 3.32. The van der Waals surface area contributed by atoms with Crippen LogP contribution in [0.4, 0.5) is 10.8 Å². The van der Waals surface area contributed by atoms with Gasteiger partial charge >= 0.3 is 0 Å². The van der Waals surface area contributed by atoms with Crippen LogP contribution >= 0.6 is 27.3 Å². The van der Waals surface area contributed by atoms with E-state index in [4.69, 9.17) is 5.73 Å². The van der Waals surface area contributed by atoms with Crippen LogP contribution in [0.3, 0.4) is 0 Å². The molecule has 3 rings (SSSR count). The summed E-state index contributed by atoms with van der Waals surface area (Å²) in [4.78, 5) is 4.51. The van der Waals surface area contributed by atoms with Crippen molar-refractivity contribution in [3.63, 3.8) is 0 Å². The number of nitrogens with zero attached hydrogens (tertiary/aromatic N) is 1. The van der Waals surface area contributed by atoms with Crippen LogP contribution in [0.15, 0.2) is 26.9 Å². The van der Waals surface area contributed by atoms with Gasteiger partial charge in [0.2, 0.25) is 0 Å². The van der Waals surface area contributed by atoms with E-state index < -0.39 is 10.0 Å². The molecule has 3 N–H and O–H groups in total. The SMILES string of the molecule is Cc1cc(Br)c(N)cc1S(=O)(=O)Nc1nc(C2CC2)cs1. The summed E-state index contributed by atoms with van der Waals surface area (Å²) in [5, 5.41) is 2.32. The van der Waals surface area contributed by atoms with Gasteiger partial charge in [-0.1, -0.05) is 0 Å². The van der Waals surface area contributed by atoms with Crippen molar-refractivity contribution in [2.45, 2.75) is 30.6 Å². The number of nitrogens with two attached hydrogens (primary N) is 1. The molecule has 0 saturated heterocycles. The molecule has 0 unspecified atom stereocenters. The van der Waals surface area contributed by atoms with E-state index in [-0.39, 0.29) is 4.90 Å². The van der Waals surface area contributed by atoms with Crippen molar-refractivity contribution in [2.75, 3.05) is 10.5 Å². The number of nitrogens with one attached hydrogen (secondary N) is 1. The van der Waals surface area contributed by atoms with E-state index in [0.29, 0.717) is 26.8 Å². The van der Waals surface area contributed by atoms with E-state index in [1.165, 1.54) is 17.4 Å². The van der Waals surface area contributed by atoms with E-state index >= 15 is 0 Å². The predicted molar refractivity (Wildman–Crippen MR) is 88.2 cm³/mol. The van der Waals surface area contributed by atoms with Crippen molar-refractivity contribution in [2.24, 2.45) is 0 Å². The summed E-state index contributed by atoms with van der Waals surface area (Å²) in [6.07, 6.45) is 2.27. The zero-order chi connectivity index (χ0) is 15.2. The van der Waals surface area contributed by atoms with Gasteiger partial charge < -0.3 is 5.73 Å². The van der Waals surface area contributed by atoms with Crippen LogP contribution in [0.2, 0.25) is 0 Å². The largest absolute Gasteiger partial charge is 0.398 e. The third kappa shape index (κ3) is 3.07. The zero-order valence-corrected chi connectivity index (χ0v) is 14.5. The van der Waals surface area contributed by atoms with Gasteiger partial charge in [0.1, 0.15) is 0 Å². The number of aryl methyl sites for hydroxylation is 1. The normalized spacial score (nSPS) is 15.1. The fourth-order valence-corrected chi connectivity index (χ4v) is 4.79. The lowest BCUT2D eigenvalue weighted by atomic mass is 10.2. The molecule has 0 spiro atoms. The molecule has 112 valence electrons. The maximum Gasteiger partial charge on any atom is 0.264 e. The average molecular weight is 388 g/mol. The molecule has 8 heteroatoms. The van der Waals surface area contributed by atoms with Crippen LogP contribution in [0.25, 0.3) is 0 Å². The number of hydrogen-bond donors (Lipinski definition) is 2. The van der Waals surface area contributed by atoms with E-state index in [1.807, 2.05) is 5.38 Å². The molecular weight excluding hydrogens is 374 g/mol. The second-order valence-corrected chi connectivity index (χ2v) is 8.46. The first kappa shape index (κ1) is 14.8. The van der Waals surface area contributed by atoms with Crippen molar-refractivity contribution in [1.29, 1.82) is 0 Å². The lowest BCUT2D eigenvalue weighted by molar-refractivity contribution is 0.600.